The summed E-state index contributed by atoms with van der Waals surface area (Å²) in [7, 11) is -1.06. The molecule has 0 spiro atoms. The Labute approximate surface area is 153 Å². The van der Waals surface area contributed by atoms with Gasteiger partial charge in [0.15, 0.2) is 11.5 Å². The molecule has 0 aromatic heterocycles. The van der Waals surface area contributed by atoms with Crippen molar-refractivity contribution in [2.75, 3.05) is 19.5 Å². The third-order valence-corrected chi connectivity index (χ3v) is 4.98. The van der Waals surface area contributed by atoms with Crippen LogP contribution in [0.1, 0.15) is 22.3 Å². The van der Waals surface area contributed by atoms with Gasteiger partial charge in [0.25, 0.3) is 5.91 Å². The van der Waals surface area contributed by atoms with Crippen LogP contribution in [0.3, 0.4) is 0 Å². The first-order valence-electron chi connectivity index (χ1n) is 7.84. The molecule has 0 fully saturated rings. The van der Waals surface area contributed by atoms with Crippen molar-refractivity contribution in [1.82, 2.24) is 5.32 Å². The standard InChI is InChI=1S/C18H18ClNO4S/c1-25(22)14-5-3-13(4-6-14)18(21)20-11-12-9-15(19)17-16(10-12)23-7-2-8-24-17/h3-6,9-10H,2,7-8,11H2,1H3,(H,20,21)/t25-/m0/s1. The number of carbonyl (C=O) groups is 1. The third-order valence-electron chi connectivity index (χ3n) is 3.76. The highest BCUT2D eigenvalue weighted by Crippen LogP contribution is 2.37. The summed E-state index contributed by atoms with van der Waals surface area (Å²) in [5.41, 5.74) is 1.34. The Kier molecular flexibility index (Phi) is 5.60. The topological polar surface area (TPSA) is 64.6 Å². The van der Waals surface area contributed by atoms with Crippen LogP contribution < -0.4 is 14.8 Å². The number of halogens is 1. The van der Waals surface area contributed by atoms with Crippen molar-refractivity contribution < 1.29 is 18.5 Å². The zero-order valence-electron chi connectivity index (χ0n) is 13.7. The molecule has 7 heteroatoms. The van der Waals surface area contributed by atoms with Crippen LogP contribution >= 0.6 is 11.6 Å². The second kappa shape index (κ2) is 7.89. The van der Waals surface area contributed by atoms with Gasteiger partial charge in [0.2, 0.25) is 0 Å². The van der Waals surface area contributed by atoms with Gasteiger partial charge in [-0.3, -0.25) is 9.00 Å². The predicted molar refractivity (Wildman–Crippen MR) is 97.0 cm³/mol. The number of rotatable bonds is 4. The molecule has 0 saturated heterocycles. The zero-order chi connectivity index (χ0) is 17.8. The Morgan fingerprint density at radius 1 is 1.20 bits per heavy atom. The lowest BCUT2D eigenvalue weighted by Gasteiger charge is -2.12. The SMILES string of the molecule is C[S@](=O)c1ccc(C(=O)NCc2cc(Cl)c3c(c2)OCCCO3)cc1. The molecule has 0 radical (unpaired) electrons. The summed E-state index contributed by atoms with van der Waals surface area (Å²) in [6.45, 7) is 1.46. The van der Waals surface area contributed by atoms with Gasteiger partial charge >= 0.3 is 0 Å². The normalized spacial score (nSPS) is 14.5. The summed E-state index contributed by atoms with van der Waals surface area (Å²) in [6, 6.07) is 10.3. The van der Waals surface area contributed by atoms with E-state index in [0.29, 0.717) is 46.7 Å². The molecule has 1 aliphatic heterocycles. The van der Waals surface area contributed by atoms with E-state index in [4.69, 9.17) is 21.1 Å². The van der Waals surface area contributed by atoms with Crippen molar-refractivity contribution in [3.8, 4) is 11.5 Å². The van der Waals surface area contributed by atoms with E-state index >= 15 is 0 Å². The molecular formula is C18H18ClNO4S. The van der Waals surface area contributed by atoms with Crippen molar-refractivity contribution in [3.05, 3.63) is 52.5 Å². The Balaban J connectivity index is 1.68. The highest BCUT2D eigenvalue weighted by Gasteiger charge is 2.16. The molecular weight excluding hydrogens is 362 g/mol. The monoisotopic (exact) mass is 379 g/mol. The van der Waals surface area contributed by atoms with Crippen molar-refractivity contribution in [2.24, 2.45) is 0 Å². The van der Waals surface area contributed by atoms with Crippen LogP contribution in [-0.4, -0.2) is 29.6 Å². The van der Waals surface area contributed by atoms with Gasteiger partial charge < -0.3 is 14.8 Å². The first-order chi connectivity index (χ1) is 12.0. The fourth-order valence-electron chi connectivity index (χ4n) is 2.47. The number of fused-ring (bicyclic) bond motifs is 1. The summed E-state index contributed by atoms with van der Waals surface area (Å²) in [4.78, 5) is 12.9. The van der Waals surface area contributed by atoms with Gasteiger partial charge in [-0.2, -0.15) is 0 Å². The maximum Gasteiger partial charge on any atom is 0.251 e. The lowest BCUT2D eigenvalue weighted by molar-refractivity contribution is 0.0951. The van der Waals surface area contributed by atoms with E-state index in [9.17, 15) is 9.00 Å². The van der Waals surface area contributed by atoms with E-state index in [1.807, 2.05) is 6.07 Å². The van der Waals surface area contributed by atoms with Crippen LogP contribution in [-0.2, 0) is 17.3 Å². The van der Waals surface area contributed by atoms with Crippen LogP contribution in [0, 0.1) is 0 Å². The molecule has 5 nitrogen and oxygen atoms in total. The molecule has 3 rings (SSSR count). The summed E-state index contributed by atoms with van der Waals surface area (Å²) >= 11 is 6.25. The van der Waals surface area contributed by atoms with E-state index in [0.717, 1.165) is 12.0 Å². The molecule has 0 saturated carbocycles. The predicted octanol–water partition coefficient (Wildman–Crippen LogP) is 3.17. The molecule has 0 bridgehead atoms. The molecule has 2 aromatic rings. The van der Waals surface area contributed by atoms with Gasteiger partial charge in [-0.05, 0) is 42.0 Å². The first-order valence-corrected chi connectivity index (χ1v) is 9.78. The fraction of sp³-hybridized carbons (Fsp3) is 0.278. The average Bonchev–Trinajstić information content (AvgIpc) is 2.85. The largest absolute Gasteiger partial charge is 0.489 e. The van der Waals surface area contributed by atoms with Crippen LogP contribution in [0.5, 0.6) is 11.5 Å². The van der Waals surface area contributed by atoms with E-state index in [1.54, 1.807) is 36.6 Å². The van der Waals surface area contributed by atoms with Gasteiger partial charge in [0.1, 0.15) is 0 Å². The maximum atomic E-state index is 12.3. The fourth-order valence-corrected chi connectivity index (χ4v) is 3.28. The molecule has 0 aliphatic carbocycles. The zero-order valence-corrected chi connectivity index (χ0v) is 15.3. The number of carbonyl (C=O) groups excluding carboxylic acids is 1. The molecule has 1 aliphatic rings. The highest BCUT2D eigenvalue weighted by atomic mass is 35.5. The molecule has 132 valence electrons. The Morgan fingerprint density at radius 3 is 2.64 bits per heavy atom. The lowest BCUT2D eigenvalue weighted by Crippen LogP contribution is -2.22. The molecule has 2 aromatic carbocycles. The van der Waals surface area contributed by atoms with Crippen LogP contribution in [0.15, 0.2) is 41.3 Å². The minimum Gasteiger partial charge on any atom is -0.489 e. The van der Waals surface area contributed by atoms with Gasteiger partial charge in [0, 0.05) is 40.5 Å². The van der Waals surface area contributed by atoms with Crippen molar-refractivity contribution >= 4 is 28.3 Å². The van der Waals surface area contributed by atoms with E-state index in [2.05, 4.69) is 5.32 Å². The van der Waals surface area contributed by atoms with Crippen LogP contribution in [0.25, 0.3) is 0 Å². The second-order valence-corrected chi connectivity index (χ2v) is 7.40. The van der Waals surface area contributed by atoms with Gasteiger partial charge in [-0.1, -0.05) is 11.6 Å². The molecule has 1 heterocycles. The van der Waals surface area contributed by atoms with Crippen molar-refractivity contribution in [1.29, 1.82) is 0 Å². The maximum absolute atomic E-state index is 12.3. The minimum absolute atomic E-state index is 0.211. The highest BCUT2D eigenvalue weighted by molar-refractivity contribution is 7.84. The number of hydrogen-bond acceptors (Lipinski definition) is 4. The number of ether oxygens (including phenoxy) is 2. The average molecular weight is 380 g/mol. The summed E-state index contributed by atoms with van der Waals surface area (Å²) in [6.07, 6.45) is 2.40. The smallest absolute Gasteiger partial charge is 0.251 e. The van der Waals surface area contributed by atoms with E-state index in [-0.39, 0.29) is 5.91 Å². The van der Waals surface area contributed by atoms with Gasteiger partial charge in [-0.25, -0.2) is 0 Å². The summed E-state index contributed by atoms with van der Waals surface area (Å²) in [5.74, 6) is 0.943. The number of hydrogen-bond donors (Lipinski definition) is 1. The second-order valence-electron chi connectivity index (χ2n) is 5.62. The third kappa shape index (κ3) is 4.32. The van der Waals surface area contributed by atoms with Gasteiger partial charge in [-0.15, -0.1) is 0 Å². The molecule has 1 N–H and O–H groups in total. The van der Waals surface area contributed by atoms with Crippen molar-refractivity contribution in [3.63, 3.8) is 0 Å². The van der Waals surface area contributed by atoms with Crippen molar-refractivity contribution in [2.45, 2.75) is 17.9 Å². The van der Waals surface area contributed by atoms with E-state index in [1.165, 1.54) is 0 Å². The first kappa shape index (κ1) is 17.8. The number of benzene rings is 2. The minimum atomic E-state index is -1.06. The summed E-state index contributed by atoms with van der Waals surface area (Å²) in [5, 5.41) is 3.31. The van der Waals surface area contributed by atoms with Gasteiger partial charge in [0.05, 0.1) is 18.2 Å². The quantitative estimate of drug-likeness (QED) is 0.886. The van der Waals surface area contributed by atoms with E-state index < -0.39 is 10.8 Å². The Morgan fingerprint density at radius 2 is 1.92 bits per heavy atom. The van der Waals surface area contributed by atoms with Crippen LogP contribution in [0.4, 0.5) is 0 Å². The summed E-state index contributed by atoms with van der Waals surface area (Å²) < 4.78 is 22.6. The Bertz CT molecular complexity index is 807. The molecule has 25 heavy (non-hydrogen) atoms. The molecule has 1 amide bonds. The number of amides is 1. The van der Waals surface area contributed by atoms with Crippen LogP contribution in [0.2, 0.25) is 5.02 Å². The lowest BCUT2D eigenvalue weighted by atomic mass is 10.1. The molecule has 0 unspecified atom stereocenters. The Hall–Kier alpha value is -2.05. The molecule has 1 atom stereocenters. The number of nitrogens with one attached hydrogen (secondary N) is 1.